The standard InChI is InChI=1S/C15H16IN5O6/c1-8(22)25-5-12-11(26-9(2)23)3-13(27-12)20-4-10(16)14(19-15(20)24)21-7-17-6-18-21/h4,6-7,11-13H,3,5H2,1-2H3/t11-,12+,13+/m0/s1. The zero-order chi connectivity index (χ0) is 19.6. The molecule has 1 aliphatic heterocycles. The van der Waals surface area contributed by atoms with E-state index in [4.69, 9.17) is 14.2 Å². The van der Waals surface area contributed by atoms with E-state index in [-0.39, 0.29) is 13.0 Å². The van der Waals surface area contributed by atoms with Crippen LogP contribution < -0.4 is 5.69 Å². The molecule has 0 bridgehead atoms. The Hall–Kier alpha value is -2.35. The average Bonchev–Trinajstić information content (AvgIpc) is 3.24. The lowest BCUT2D eigenvalue weighted by Crippen LogP contribution is -2.31. The van der Waals surface area contributed by atoms with Gasteiger partial charge in [0.1, 0.15) is 37.7 Å². The highest BCUT2D eigenvalue weighted by molar-refractivity contribution is 14.1. The van der Waals surface area contributed by atoms with E-state index in [1.165, 1.54) is 35.8 Å². The second-order valence-electron chi connectivity index (χ2n) is 5.76. The molecule has 0 unspecified atom stereocenters. The lowest BCUT2D eigenvalue weighted by Gasteiger charge is -2.17. The fourth-order valence-electron chi connectivity index (χ4n) is 2.68. The Balaban J connectivity index is 1.85. The van der Waals surface area contributed by atoms with Crippen LogP contribution in [0.4, 0.5) is 0 Å². The molecule has 3 atom stereocenters. The number of hydrogen-bond acceptors (Lipinski definition) is 9. The highest BCUT2D eigenvalue weighted by Gasteiger charge is 2.39. The Morgan fingerprint density at radius 3 is 2.78 bits per heavy atom. The number of ether oxygens (including phenoxy) is 3. The number of carbonyl (C=O) groups is 2. The molecule has 2 aromatic rings. The average molecular weight is 489 g/mol. The SMILES string of the molecule is CC(=O)OC[C@H]1O[C@@H](n2cc(I)c(-n3cncn3)nc2=O)C[C@@H]1OC(C)=O. The van der Waals surface area contributed by atoms with Crippen molar-refractivity contribution in [2.45, 2.75) is 38.7 Å². The van der Waals surface area contributed by atoms with Gasteiger partial charge in [-0.05, 0) is 22.6 Å². The third kappa shape index (κ3) is 4.50. The van der Waals surface area contributed by atoms with Gasteiger partial charge in [0, 0.05) is 26.5 Å². The Morgan fingerprint density at radius 2 is 2.15 bits per heavy atom. The number of halogens is 1. The first-order valence-corrected chi connectivity index (χ1v) is 9.02. The predicted molar refractivity (Wildman–Crippen MR) is 96.8 cm³/mol. The number of aromatic nitrogens is 5. The van der Waals surface area contributed by atoms with Crippen molar-refractivity contribution in [3.05, 3.63) is 32.9 Å². The van der Waals surface area contributed by atoms with Gasteiger partial charge in [0.15, 0.2) is 5.82 Å². The first kappa shape index (κ1) is 19.4. The molecule has 1 fully saturated rings. The van der Waals surface area contributed by atoms with Gasteiger partial charge in [0.2, 0.25) is 0 Å². The van der Waals surface area contributed by atoms with Crippen molar-refractivity contribution >= 4 is 34.5 Å². The lowest BCUT2D eigenvalue weighted by atomic mass is 10.2. The van der Waals surface area contributed by atoms with Crippen LogP contribution in [0.2, 0.25) is 0 Å². The quantitative estimate of drug-likeness (QED) is 0.428. The van der Waals surface area contributed by atoms with Gasteiger partial charge >= 0.3 is 17.6 Å². The molecule has 0 N–H and O–H groups in total. The Kier molecular flexibility index (Phi) is 5.84. The summed E-state index contributed by atoms with van der Waals surface area (Å²) in [4.78, 5) is 42.8. The summed E-state index contributed by atoms with van der Waals surface area (Å²) in [5.41, 5.74) is -0.555. The molecule has 0 aliphatic carbocycles. The van der Waals surface area contributed by atoms with Crippen molar-refractivity contribution in [2.24, 2.45) is 0 Å². The smallest absolute Gasteiger partial charge is 0.351 e. The minimum atomic E-state index is -0.715. The summed E-state index contributed by atoms with van der Waals surface area (Å²) in [6, 6.07) is 0. The van der Waals surface area contributed by atoms with E-state index in [0.717, 1.165) is 0 Å². The number of nitrogens with zero attached hydrogens (tertiary/aromatic N) is 5. The topological polar surface area (TPSA) is 127 Å². The van der Waals surface area contributed by atoms with Crippen molar-refractivity contribution < 1.29 is 23.8 Å². The number of rotatable bonds is 5. The molecule has 0 aromatic carbocycles. The van der Waals surface area contributed by atoms with E-state index >= 15 is 0 Å². The molecule has 1 saturated heterocycles. The highest BCUT2D eigenvalue weighted by Crippen LogP contribution is 2.31. The van der Waals surface area contributed by atoms with Gasteiger partial charge in [-0.25, -0.2) is 14.5 Å². The van der Waals surface area contributed by atoms with Crippen LogP contribution in [0.25, 0.3) is 5.82 Å². The zero-order valence-electron chi connectivity index (χ0n) is 14.4. The fourth-order valence-corrected chi connectivity index (χ4v) is 3.35. The van der Waals surface area contributed by atoms with Crippen LogP contribution in [-0.2, 0) is 23.8 Å². The largest absolute Gasteiger partial charge is 0.463 e. The Labute approximate surface area is 166 Å². The molecule has 3 rings (SSSR count). The summed E-state index contributed by atoms with van der Waals surface area (Å²) in [5, 5.41) is 3.97. The van der Waals surface area contributed by atoms with Gasteiger partial charge in [0.25, 0.3) is 0 Å². The first-order valence-electron chi connectivity index (χ1n) is 7.95. The van der Waals surface area contributed by atoms with Crippen molar-refractivity contribution in [1.82, 2.24) is 24.3 Å². The summed E-state index contributed by atoms with van der Waals surface area (Å²) in [7, 11) is 0. The molecule has 0 radical (unpaired) electrons. The van der Waals surface area contributed by atoms with E-state index in [1.807, 2.05) is 22.6 Å². The third-order valence-corrected chi connectivity index (χ3v) is 4.54. The Morgan fingerprint density at radius 1 is 1.37 bits per heavy atom. The van der Waals surface area contributed by atoms with Gasteiger partial charge in [-0.15, -0.1) is 0 Å². The van der Waals surface area contributed by atoms with Gasteiger partial charge in [0.05, 0.1) is 3.57 Å². The summed E-state index contributed by atoms with van der Waals surface area (Å²) in [5.74, 6) is -0.617. The molecule has 2 aromatic heterocycles. The summed E-state index contributed by atoms with van der Waals surface area (Å²) in [6.07, 6.45) is 2.54. The minimum Gasteiger partial charge on any atom is -0.463 e. The maximum atomic E-state index is 12.5. The van der Waals surface area contributed by atoms with E-state index in [2.05, 4.69) is 15.1 Å². The highest BCUT2D eigenvalue weighted by atomic mass is 127. The molecule has 0 saturated carbocycles. The molecule has 27 heavy (non-hydrogen) atoms. The van der Waals surface area contributed by atoms with E-state index in [1.54, 1.807) is 6.20 Å². The van der Waals surface area contributed by atoms with Crippen LogP contribution in [-0.4, -0.2) is 55.1 Å². The second-order valence-corrected chi connectivity index (χ2v) is 6.92. The molecular weight excluding hydrogens is 473 g/mol. The predicted octanol–water partition coefficient (Wildman–Crippen LogP) is 0.211. The second kappa shape index (κ2) is 8.12. The summed E-state index contributed by atoms with van der Waals surface area (Å²) < 4.78 is 19.4. The zero-order valence-corrected chi connectivity index (χ0v) is 16.6. The van der Waals surface area contributed by atoms with Crippen LogP contribution in [0.5, 0.6) is 0 Å². The minimum absolute atomic E-state index is 0.0832. The Bertz CT molecular complexity index is 899. The number of hydrogen-bond donors (Lipinski definition) is 0. The monoisotopic (exact) mass is 489 g/mol. The fraction of sp³-hybridized carbons (Fsp3) is 0.467. The first-order chi connectivity index (χ1) is 12.8. The van der Waals surface area contributed by atoms with E-state index in [0.29, 0.717) is 9.39 Å². The maximum Gasteiger partial charge on any atom is 0.351 e. The van der Waals surface area contributed by atoms with Crippen molar-refractivity contribution in [3.8, 4) is 5.82 Å². The molecule has 11 nitrogen and oxygen atoms in total. The van der Waals surface area contributed by atoms with Gasteiger partial charge in [-0.1, -0.05) is 0 Å². The summed E-state index contributed by atoms with van der Waals surface area (Å²) >= 11 is 2.02. The molecule has 0 spiro atoms. The van der Waals surface area contributed by atoms with Crippen molar-refractivity contribution in [2.75, 3.05) is 6.61 Å². The van der Waals surface area contributed by atoms with Crippen molar-refractivity contribution in [3.63, 3.8) is 0 Å². The van der Waals surface area contributed by atoms with Crippen LogP contribution in [0.3, 0.4) is 0 Å². The molecule has 3 heterocycles. The van der Waals surface area contributed by atoms with Crippen LogP contribution in [0, 0.1) is 3.57 Å². The normalized spacial score (nSPS) is 21.8. The number of carbonyl (C=O) groups excluding carboxylic acids is 2. The molecule has 1 aliphatic rings. The lowest BCUT2D eigenvalue weighted by molar-refractivity contribution is -0.155. The van der Waals surface area contributed by atoms with Gasteiger partial charge in [-0.2, -0.15) is 10.1 Å². The maximum absolute atomic E-state index is 12.5. The van der Waals surface area contributed by atoms with Crippen LogP contribution in [0.15, 0.2) is 23.6 Å². The van der Waals surface area contributed by atoms with Crippen LogP contribution >= 0.6 is 22.6 Å². The number of esters is 2. The molecular formula is C15H16IN5O6. The van der Waals surface area contributed by atoms with Crippen molar-refractivity contribution in [1.29, 1.82) is 0 Å². The van der Waals surface area contributed by atoms with E-state index in [9.17, 15) is 14.4 Å². The molecule has 144 valence electrons. The molecule has 12 heteroatoms. The van der Waals surface area contributed by atoms with Crippen LogP contribution in [0.1, 0.15) is 26.5 Å². The molecule has 0 amide bonds. The summed E-state index contributed by atoms with van der Waals surface area (Å²) in [6.45, 7) is 2.47. The third-order valence-electron chi connectivity index (χ3n) is 3.78. The van der Waals surface area contributed by atoms with E-state index < -0.39 is 36.1 Å². The van der Waals surface area contributed by atoms with Gasteiger partial charge < -0.3 is 14.2 Å². The van der Waals surface area contributed by atoms with Gasteiger partial charge in [-0.3, -0.25) is 14.2 Å².